The van der Waals surface area contributed by atoms with E-state index in [9.17, 15) is 26.4 Å². The Morgan fingerprint density at radius 2 is 1.78 bits per heavy atom. The molecule has 1 amide bonds. The van der Waals surface area contributed by atoms with Gasteiger partial charge < -0.3 is 0 Å². The molecule has 0 bridgehead atoms. The SMILES string of the molecule is O=C(NS(=O)(=O)Cc1ccccc1)c1ccnc(C(F)(F)F)c1. The van der Waals surface area contributed by atoms with Crippen LogP contribution >= 0.6 is 0 Å². The molecular formula is C14H11F3N2O3S. The third-order valence-electron chi connectivity index (χ3n) is 2.76. The maximum atomic E-state index is 12.5. The zero-order valence-corrected chi connectivity index (χ0v) is 12.4. The topological polar surface area (TPSA) is 76.1 Å². The predicted molar refractivity (Wildman–Crippen MR) is 75.8 cm³/mol. The molecule has 5 nitrogen and oxygen atoms in total. The Kier molecular flexibility index (Phi) is 4.69. The molecule has 0 fully saturated rings. The Labute approximate surface area is 130 Å². The number of hydrogen-bond acceptors (Lipinski definition) is 4. The van der Waals surface area contributed by atoms with Crippen molar-refractivity contribution < 1.29 is 26.4 Å². The van der Waals surface area contributed by atoms with E-state index in [1.807, 2.05) is 0 Å². The summed E-state index contributed by atoms with van der Waals surface area (Å²) in [6.45, 7) is 0. The van der Waals surface area contributed by atoms with E-state index in [1.165, 1.54) is 0 Å². The Hall–Kier alpha value is -2.42. The number of halogens is 3. The van der Waals surface area contributed by atoms with E-state index in [0.29, 0.717) is 11.6 Å². The number of pyridine rings is 1. The van der Waals surface area contributed by atoms with Crippen LogP contribution in [0.5, 0.6) is 0 Å². The molecule has 0 radical (unpaired) electrons. The second-order valence-electron chi connectivity index (χ2n) is 4.60. The smallest absolute Gasteiger partial charge is 0.268 e. The molecule has 2 rings (SSSR count). The summed E-state index contributed by atoms with van der Waals surface area (Å²) < 4.78 is 63.2. The molecule has 0 aliphatic heterocycles. The molecule has 0 aliphatic carbocycles. The van der Waals surface area contributed by atoms with E-state index >= 15 is 0 Å². The van der Waals surface area contributed by atoms with Crippen molar-refractivity contribution in [1.29, 1.82) is 0 Å². The first-order valence-corrected chi connectivity index (χ1v) is 7.94. The van der Waals surface area contributed by atoms with Crippen LogP contribution in [0.4, 0.5) is 13.2 Å². The molecule has 0 saturated heterocycles. The minimum Gasteiger partial charge on any atom is -0.268 e. The Morgan fingerprint density at radius 3 is 2.39 bits per heavy atom. The number of alkyl halides is 3. The summed E-state index contributed by atoms with van der Waals surface area (Å²) in [5.41, 5.74) is -1.27. The maximum absolute atomic E-state index is 12.5. The van der Waals surface area contributed by atoms with Gasteiger partial charge in [0.1, 0.15) is 5.69 Å². The minimum absolute atomic E-state index is 0.441. The summed E-state index contributed by atoms with van der Waals surface area (Å²) in [6, 6.07) is 9.56. The average Bonchev–Trinajstić information content (AvgIpc) is 2.46. The minimum atomic E-state index is -4.72. The molecule has 1 aromatic heterocycles. The quantitative estimate of drug-likeness (QED) is 0.924. The largest absolute Gasteiger partial charge is 0.433 e. The van der Waals surface area contributed by atoms with E-state index in [1.54, 1.807) is 35.1 Å². The Morgan fingerprint density at radius 1 is 1.13 bits per heavy atom. The lowest BCUT2D eigenvalue weighted by Gasteiger charge is -2.09. The number of sulfonamides is 1. The fourth-order valence-electron chi connectivity index (χ4n) is 1.76. The van der Waals surface area contributed by atoms with E-state index in [0.717, 1.165) is 12.3 Å². The lowest BCUT2D eigenvalue weighted by Crippen LogP contribution is -2.31. The van der Waals surface area contributed by atoms with Gasteiger partial charge in [0.05, 0.1) is 5.75 Å². The molecule has 0 aliphatic rings. The van der Waals surface area contributed by atoms with Gasteiger partial charge in [-0.3, -0.25) is 9.78 Å². The molecule has 2 aromatic rings. The van der Waals surface area contributed by atoms with Crippen molar-refractivity contribution in [1.82, 2.24) is 9.71 Å². The van der Waals surface area contributed by atoms with Crippen LogP contribution in [-0.4, -0.2) is 19.3 Å². The summed E-state index contributed by atoms with van der Waals surface area (Å²) >= 11 is 0. The number of rotatable bonds is 4. The van der Waals surface area contributed by atoms with Gasteiger partial charge in [-0.05, 0) is 17.7 Å². The van der Waals surface area contributed by atoms with Gasteiger partial charge in [-0.2, -0.15) is 13.2 Å². The fourth-order valence-corrected chi connectivity index (χ4v) is 2.86. The van der Waals surface area contributed by atoms with Gasteiger partial charge in [-0.15, -0.1) is 0 Å². The molecule has 0 saturated carbocycles. The number of aromatic nitrogens is 1. The third-order valence-corrected chi connectivity index (χ3v) is 3.97. The van der Waals surface area contributed by atoms with Gasteiger partial charge in [0.2, 0.25) is 10.0 Å². The highest BCUT2D eigenvalue weighted by atomic mass is 32.2. The molecule has 1 N–H and O–H groups in total. The molecule has 0 spiro atoms. The average molecular weight is 344 g/mol. The maximum Gasteiger partial charge on any atom is 0.433 e. The summed E-state index contributed by atoms with van der Waals surface area (Å²) in [5.74, 6) is -1.61. The van der Waals surface area contributed by atoms with Crippen molar-refractivity contribution >= 4 is 15.9 Å². The highest BCUT2D eigenvalue weighted by Crippen LogP contribution is 2.27. The molecule has 122 valence electrons. The first kappa shape index (κ1) is 16.9. The molecule has 1 aromatic carbocycles. The summed E-state index contributed by atoms with van der Waals surface area (Å²) in [4.78, 5) is 14.9. The van der Waals surface area contributed by atoms with Crippen molar-refractivity contribution in [2.24, 2.45) is 0 Å². The van der Waals surface area contributed by atoms with Gasteiger partial charge in [0, 0.05) is 11.8 Å². The Balaban J connectivity index is 2.15. The Bertz CT molecular complexity index is 806. The van der Waals surface area contributed by atoms with Crippen molar-refractivity contribution in [2.75, 3.05) is 0 Å². The number of nitrogens with zero attached hydrogens (tertiary/aromatic N) is 1. The van der Waals surface area contributed by atoms with Crippen LogP contribution in [0.2, 0.25) is 0 Å². The van der Waals surface area contributed by atoms with Crippen LogP contribution in [-0.2, 0) is 22.0 Å². The van der Waals surface area contributed by atoms with Gasteiger partial charge in [0.25, 0.3) is 5.91 Å². The van der Waals surface area contributed by atoms with Crippen molar-refractivity contribution in [3.8, 4) is 0 Å². The van der Waals surface area contributed by atoms with Crippen LogP contribution in [0.15, 0.2) is 48.7 Å². The third kappa shape index (κ3) is 4.78. The standard InChI is InChI=1S/C14H11F3N2O3S/c15-14(16,17)12-8-11(6-7-18-12)13(20)19-23(21,22)9-10-4-2-1-3-5-10/h1-8H,9H2,(H,19,20). The zero-order chi connectivity index (χ0) is 17.1. The molecule has 0 unspecified atom stereocenters. The lowest BCUT2D eigenvalue weighted by atomic mass is 10.2. The summed E-state index contributed by atoms with van der Waals surface area (Å²) in [6.07, 6.45) is -3.93. The number of carbonyl (C=O) groups is 1. The highest BCUT2D eigenvalue weighted by molar-refractivity contribution is 7.89. The van der Waals surface area contributed by atoms with E-state index in [2.05, 4.69) is 4.98 Å². The van der Waals surface area contributed by atoms with E-state index in [4.69, 9.17) is 0 Å². The first-order valence-electron chi connectivity index (χ1n) is 6.29. The molecule has 23 heavy (non-hydrogen) atoms. The lowest BCUT2D eigenvalue weighted by molar-refractivity contribution is -0.141. The van der Waals surface area contributed by atoms with Gasteiger partial charge in [-0.1, -0.05) is 30.3 Å². The van der Waals surface area contributed by atoms with Crippen molar-refractivity contribution in [3.05, 3.63) is 65.5 Å². The van der Waals surface area contributed by atoms with E-state index in [-0.39, 0.29) is 0 Å². The molecule has 0 atom stereocenters. The number of hydrogen-bond donors (Lipinski definition) is 1. The van der Waals surface area contributed by atoms with Gasteiger partial charge >= 0.3 is 6.18 Å². The van der Waals surface area contributed by atoms with Crippen molar-refractivity contribution in [3.63, 3.8) is 0 Å². The van der Waals surface area contributed by atoms with Gasteiger partial charge in [0.15, 0.2) is 0 Å². The molecule has 1 heterocycles. The normalized spacial score (nSPS) is 12.0. The van der Waals surface area contributed by atoms with Crippen LogP contribution in [0, 0.1) is 0 Å². The summed E-state index contributed by atoms with van der Waals surface area (Å²) in [5, 5.41) is 0. The number of amides is 1. The van der Waals surface area contributed by atoms with Crippen LogP contribution in [0.3, 0.4) is 0 Å². The zero-order valence-electron chi connectivity index (χ0n) is 11.5. The second-order valence-corrected chi connectivity index (χ2v) is 6.33. The summed E-state index contributed by atoms with van der Waals surface area (Å²) in [7, 11) is -4.03. The molecular weight excluding hydrogens is 333 g/mol. The van der Waals surface area contributed by atoms with Gasteiger partial charge in [-0.25, -0.2) is 13.1 Å². The van der Waals surface area contributed by atoms with Crippen molar-refractivity contribution in [2.45, 2.75) is 11.9 Å². The van der Waals surface area contributed by atoms with E-state index < -0.39 is 39.1 Å². The number of nitrogens with one attached hydrogen (secondary N) is 1. The van der Waals surface area contributed by atoms with Crippen LogP contribution in [0.25, 0.3) is 0 Å². The first-order chi connectivity index (χ1) is 10.7. The second kappa shape index (κ2) is 6.37. The fraction of sp³-hybridized carbons (Fsp3) is 0.143. The highest BCUT2D eigenvalue weighted by Gasteiger charge is 2.33. The predicted octanol–water partition coefficient (Wildman–Crippen LogP) is 2.36. The monoisotopic (exact) mass is 344 g/mol. The number of carbonyl (C=O) groups excluding carboxylic acids is 1. The number of benzene rings is 1. The van der Waals surface area contributed by atoms with Crippen LogP contribution in [0.1, 0.15) is 21.6 Å². The van der Waals surface area contributed by atoms with Crippen LogP contribution < -0.4 is 4.72 Å². The molecule has 9 heteroatoms.